The van der Waals surface area contributed by atoms with Crippen LogP contribution in [0.5, 0.6) is 5.75 Å². The largest absolute Gasteiger partial charge is 0.497 e. The van der Waals surface area contributed by atoms with Gasteiger partial charge in [0.05, 0.1) is 13.7 Å². The second-order valence-electron chi connectivity index (χ2n) is 5.24. The van der Waals surface area contributed by atoms with Crippen LogP contribution in [0, 0.1) is 13.8 Å². The van der Waals surface area contributed by atoms with E-state index in [1.54, 1.807) is 7.11 Å². The van der Waals surface area contributed by atoms with Crippen LogP contribution in [0.15, 0.2) is 30.3 Å². The van der Waals surface area contributed by atoms with Crippen LogP contribution in [0.1, 0.15) is 22.4 Å². The van der Waals surface area contributed by atoms with Crippen molar-refractivity contribution in [2.75, 3.05) is 19.1 Å². The van der Waals surface area contributed by atoms with Gasteiger partial charge < -0.3 is 14.7 Å². The summed E-state index contributed by atoms with van der Waals surface area (Å²) in [5.74, 6) is 1.69. The van der Waals surface area contributed by atoms with Gasteiger partial charge in [-0.2, -0.15) is 0 Å². The molecule has 1 heterocycles. The fourth-order valence-corrected chi connectivity index (χ4v) is 2.43. The lowest BCUT2D eigenvalue weighted by atomic mass is 10.1. The highest BCUT2D eigenvalue weighted by Crippen LogP contribution is 2.23. The summed E-state index contributed by atoms with van der Waals surface area (Å²) in [5, 5.41) is 9.59. The summed E-state index contributed by atoms with van der Waals surface area (Å²) in [6.45, 7) is 4.71. The lowest BCUT2D eigenvalue weighted by Crippen LogP contribution is -2.20. The van der Waals surface area contributed by atoms with Crippen molar-refractivity contribution in [1.29, 1.82) is 0 Å². The number of benzene rings is 1. The third-order valence-corrected chi connectivity index (χ3v) is 3.55. The summed E-state index contributed by atoms with van der Waals surface area (Å²) >= 11 is 0. The van der Waals surface area contributed by atoms with Gasteiger partial charge in [0.25, 0.3) is 0 Å². The molecule has 0 aliphatic heterocycles. The monoisotopic (exact) mass is 286 g/mol. The second-order valence-corrected chi connectivity index (χ2v) is 5.24. The Kier molecular flexibility index (Phi) is 4.81. The Morgan fingerprint density at radius 1 is 1.19 bits per heavy atom. The van der Waals surface area contributed by atoms with Gasteiger partial charge in [0.1, 0.15) is 11.6 Å². The molecule has 1 aromatic carbocycles. The van der Waals surface area contributed by atoms with Crippen LogP contribution in [0.2, 0.25) is 0 Å². The molecule has 2 rings (SSSR count). The molecule has 1 aromatic heterocycles. The van der Waals surface area contributed by atoms with E-state index in [2.05, 4.69) is 9.88 Å². The number of aromatic nitrogens is 1. The molecule has 0 unspecified atom stereocenters. The Morgan fingerprint density at radius 3 is 2.43 bits per heavy atom. The van der Waals surface area contributed by atoms with Crippen molar-refractivity contribution in [3.8, 4) is 5.75 Å². The maximum atomic E-state index is 9.59. The molecule has 21 heavy (non-hydrogen) atoms. The van der Waals surface area contributed by atoms with Crippen LogP contribution in [0.25, 0.3) is 0 Å². The molecule has 0 spiro atoms. The molecule has 0 atom stereocenters. The summed E-state index contributed by atoms with van der Waals surface area (Å²) in [4.78, 5) is 6.64. The minimum atomic E-state index is 0.00139. The van der Waals surface area contributed by atoms with Gasteiger partial charge in [-0.25, -0.2) is 4.98 Å². The van der Waals surface area contributed by atoms with E-state index in [0.29, 0.717) is 0 Å². The van der Waals surface area contributed by atoms with E-state index in [0.717, 1.165) is 34.9 Å². The first-order valence-corrected chi connectivity index (χ1v) is 6.97. The molecule has 0 radical (unpaired) electrons. The lowest BCUT2D eigenvalue weighted by Gasteiger charge is -2.22. The molecule has 0 aliphatic rings. The number of aliphatic hydroxyl groups excluding tert-OH is 1. The fraction of sp³-hybridized carbons (Fsp3) is 0.353. The van der Waals surface area contributed by atoms with Crippen molar-refractivity contribution in [3.05, 3.63) is 52.7 Å². The predicted molar refractivity (Wildman–Crippen MR) is 84.7 cm³/mol. The predicted octanol–water partition coefficient (Wildman–Crippen LogP) is 2.84. The molecule has 4 heteroatoms. The lowest BCUT2D eigenvalue weighted by molar-refractivity contribution is 0.281. The molecular formula is C17H22N2O2. The highest BCUT2D eigenvalue weighted by atomic mass is 16.5. The maximum absolute atomic E-state index is 9.59. The van der Waals surface area contributed by atoms with Gasteiger partial charge in [-0.1, -0.05) is 12.1 Å². The Balaban J connectivity index is 2.25. The molecule has 0 bridgehead atoms. The molecule has 0 saturated carbocycles. The number of ether oxygens (including phenoxy) is 1. The molecule has 1 N–H and O–H groups in total. The molecule has 0 saturated heterocycles. The van der Waals surface area contributed by atoms with Crippen molar-refractivity contribution in [2.24, 2.45) is 0 Å². The van der Waals surface area contributed by atoms with E-state index in [-0.39, 0.29) is 6.61 Å². The quantitative estimate of drug-likeness (QED) is 0.918. The van der Waals surface area contributed by atoms with Crippen LogP contribution in [0.3, 0.4) is 0 Å². The van der Waals surface area contributed by atoms with Gasteiger partial charge in [0, 0.05) is 24.8 Å². The molecule has 0 amide bonds. The minimum absolute atomic E-state index is 0.00139. The number of anilines is 1. The SMILES string of the molecule is COc1ccc(CN(C)c2nc(C)cc(C)c2CO)cc1. The van der Waals surface area contributed by atoms with Crippen molar-refractivity contribution in [1.82, 2.24) is 4.98 Å². The first kappa shape index (κ1) is 15.3. The van der Waals surface area contributed by atoms with Gasteiger partial charge in [-0.15, -0.1) is 0 Å². The maximum Gasteiger partial charge on any atom is 0.134 e. The van der Waals surface area contributed by atoms with Crippen molar-refractivity contribution in [2.45, 2.75) is 27.0 Å². The average molecular weight is 286 g/mol. The number of rotatable bonds is 5. The fourth-order valence-electron chi connectivity index (χ4n) is 2.43. The number of methoxy groups -OCH3 is 1. The van der Waals surface area contributed by atoms with Crippen LogP contribution in [0.4, 0.5) is 5.82 Å². The van der Waals surface area contributed by atoms with E-state index in [4.69, 9.17) is 4.74 Å². The van der Waals surface area contributed by atoms with Crippen LogP contribution < -0.4 is 9.64 Å². The van der Waals surface area contributed by atoms with Crippen LogP contribution in [-0.2, 0) is 13.2 Å². The molecule has 4 nitrogen and oxygen atoms in total. The summed E-state index contributed by atoms with van der Waals surface area (Å²) in [6.07, 6.45) is 0. The number of hydrogen-bond donors (Lipinski definition) is 1. The van der Waals surface area contributed by atoms with Gasteiger partial charge in [-0.05, 0) is 43.2 Å². The Hall–Kier alpha value is -2.07. The Labute approximate surface area is 126 Å². The van der Waals surface area contributed by atoms with E-state index in [1.807, 2.05) is 51.2 Å². The molecule has 112 valence electrons. The van der Waals surface area contributed by atoms with Gasteiger partial charge in [-0.3, -0.25) is 0 Å². The Bertz CT molecular complexity index is 609. The van der Waals surface area contributed by atoms with Crippen molar-refractivity contribution < 1.29 is 9.84 Å². The molecule has 0 aliphatic carbocycles. The standard InChI is InChI=1S/C17H22N2O2/c1-12-9-13(2)18-17(16(12)11-20)19(3)10-14-5-7-15(21-4)8-6-14/h5-9,20H,10-11H2,1-4H3. The summed E-state index contributed by atoms with van der Waals surface area (Å²) < 4.78 is 5.17. The zero-order valence-corrected chi connectivity index (χ0v) is 13.1. The number of pyridine rings is 1. The van der Waals surface area contributed by atoms with Gasteiger partial charge in [0.15, 0.2) is 0 Å². The number of nitrogens with zero attached hydrogens (tertiary/aromatic N) is 2. The van der Waals surface area contributed by atoms with Crippen molar-refractivity contribution in [3.63, 3.8) is 0 Å². The zero-order valence-electron chi connectivity index (χ0n) is 13.1. The van der Waals surface area contributed by atoms with Crippen LogP contribution >= 0.6 is 0 Å². The van der Waals surface area contributed by atoms with E-state index in [9.17, 15) is 5.11 Å². The zero-order chi connectivity index (χ0) is 15.4. The summed E-state index contributed by atoms with van der Waals surface area (Å²) in [5.41, 5.74) is 4.09. The smallest absolute Gasteiger partial charge is 0.134 e. The molecular weight excluding hydrogens is 264 g/mol. The average Bonchev–Trinajstić information content (AvgIpc) is 2.47. The number of aliphatic hydroxyl groups is 1. The first-order chi connectivity index (χ1) is 10.0. The highest BCUT2D eigenvalue weighted by molar-refractivity contribution is 5.51. The minimum Gasteiger partial charge on any atom is -0.497 e. The molecule has 0 fully saturated rings. The molecule has 2 aromatic rings. The third-order valence-electron chi connectivity index (χ3n) is 3.55. The number of hydrogen-bond acceptors (Lipinski definition) is 4. The van der Waals surface area contributed by atoms with E-state index < -0.39 is 0 Å². The normalized spacial score (nSPS) is 10.5. The van der Waals surface area contributed by atoms with Gasteiger partial charge in [0.2, 0.25) is 0 Å². The summed E-state index contributed by atoms with van der Waals surface area (Å²) in [6, 6.07) is 9.97. The van der Waals surface area contributed by atoms with E-state index in [1.165, 1.54) is 5.56 Å². The third kappa shape index (κ3) is 3.52. The van der Waals surface area contributed by atoms with Crippen LogP contribution in [-0.4, -0.2) is 24.2 Å². The Morgan fingerprint density at radius 2 is 1.86 bits per heavy atom. The van der Waals surface area contributed by atoms with E-state index >= 15 is 0 Å². The van der Waals surface area contributed by atoms with Gasteiger partial charge >= 0.3 is 0 Å². The topological polar surface area (TPSA) is 45.6 Å². The van der Waals surface area contributed by atoms with Crippen molar-refractivity contribution >= 4 is 5.82 Å². The number of aryl methyl sites for hydroxylation is 2. The summed E-state index contributed by atoms with van der Waals surface area (Å²) in [7, 11) is 3.65. The highest BCUT2D eigenvalue weighted by Gasteiger charge is 2.12. The first-order valence-electron chi connectivity index (χ1n) is 6.97. The second kappa shape index (κ2) is 6.59.